The lowest BCUT2D eigenvalue weighted by molar-refractivity contribution is 0.102. The molecular weight excluding hydrogens is 376 g/mol. The summed E-state index contributed by atoms with van der Waals surface area (Å²) in [4.78, 5) is 25.9. The Morgan fingerprint density at radius 1 is 1.17 bits per heavy atom. The molecule has 30 heavy (non-hydrogen) atoms. The van der Waals surface area contributed by atoms with E-state index in [0.29, 0.717) is 17.2 Å². The minimum absolute atomic E-state index is 0.214. The number of carbonyl (C=O) groups is 1. The molecule has 0 fully saturated rings. The highest BCUT2D eigenvalue weighted by Crippen LogP contribution is 2.31. The Kier molecular flexibility index (Phi) is 5.18. The van der Waals surface area contributed by atoms with Gasteiger partial charge in [-0.3, -0.25) is 9.20 Å². The van der Waals surface area contributed by atoms with E-state index in [4.69, 9.17) is 10.7 Å². The maximum Gasteiger partial charge on any atom is 0.256 e. The van der Waals surface area contributed by atoms with Gasteiger partial charge in [0, 0.05) is 35.6 Å². The van der Waals surface area contributed by atoms with Crippen LogP contribution in [0, 0.1) is 6.92 Å². The van der Waals surface area contributed by atoms with Gasteiger partial charge in [0.15, 0.2) is 0 Å². The number of anilines is 2. The molecule has 3 N–H and O–H groups in total. The molecule has 0 bridgehead atoms. The summed E-state index contributed by atoms with van der Waals surface area (Å²) in [5, 5.41) is 2.81. The number of carbonyl (C=O) groups excluding carboxylic acids is 1. The van der Waals surface area contributed by atoms with Crippen molar-refractivity contribution in [2.24, 2.45) is 0 Å². The van der Waals surface area contributed by atoms with Gasteiger partial charge in [0.1, 0.15) is 28.7 Å². The smallest absolute Gasteiger partial charge is 0.256 e. The number of nitrogen functional groups attached to an aromatic ring is 1. The second-order valence-electron chi connectivity index (χ2n) is 7.41. The molecule has 1 aromatic carbocycles. The lowest BCUT2D eigenvalue weighted by atomic mass is 10.1. The van der Waals surface area contributed by atoms with Crippen LogP contribution in [0.4, 0.5) is 11.6 Å². The maximum absolute atomic E-state index is 12.5. The van der Waals surface area contributed by atoms with Gasteiger partial charge in [0.05, 0.1) is 0 Å². The molecule has 7 nitrogen and oxygen atoms in total. The molecule has 0 radical (unpaired) electrons. The second-order valence-corrected chi connectivity index (χ2v) is 7.41. The van der Waals surface area contributed by atoms with Gasteiger partial charge in [-0.15, -0.1) is 0 Å². The summed E-state index contributed by atoms with van der Waals surface area (Å²) in [5.74, 6) is 1.96. The molecule has 3 aromatic heterocycles. The van der Waals surface area contributed by atoms with E-state index in [1.54, 1.807) is 30.6 Å². The number of amides is 1. The standard InChI is InChI=1S/C23H24N6O/c1-4-15(3)22-28-19(20-21(24)25-11-12-29(20)22)16-6-8-17(9-7-16)23(30)27-18-10-5-14(2)13-26-18/h5-13,15H,4H2,1-3H3,(H2,24,25)(H,26,27,30)/t15-/m1/s1. The predicted octanol–water partition coefficient (Wildman–Crippen LogP) is 4.45. The summed E-state index contributed by atoms with van der Waals surface area (Å²) in [6, 6.07) is 11.0. The Hall–Kier alpha value is -3.74. The van der Waals surface area contributed by atoms with Crippen molar-refractivity contribution in [1.29, 1.82) is 0 Å². The fourth-order valence-corrected chi connectivity index (χ4v) is 3.33. The van der Waals surface area contributed by atoms with Crippen LogP contribution in [0.15, 0.2) is 55.0 Å². The Labute approximate surface area is 175 Å². The molecule has 1 atom stereocenters. The van der Waals surface area contributed by atoms with Gasteiger partial charge in [0.25, 0.3) is 5.91 Å². The van der Waals surface area contributed by atoms with Crippen LogP contribution in [0.3, 0.4) is 0 Å². The second kappa shape index (κ2) is 7.94. The van der Waals surface area contributed by atoms with Crippen LogP contribution in [-0.2, 0) is 0 Å². The summed E-state index contributed by atoms with van der Waals surface area (Å²) in [7, 11) is 0. The Balaban J connectivity index is 1.66. The summed E-state index contributed by atoms with van der Waals surface area (Å²) >= 11 is 0. The van der Waals surface area contributed by atoms with Gasteiger partial charge < -0.3 is 11.1 Å². The first-order valence-electron chi connectivity index (χ1n) is 9.94. The van der Waals surface area contributed by atoms with Gasteiger partial charge in [-0.1, -0.05) is 32.0 Å². The van der Waals surface area contributed by atoms with E-state index >= 15 is 0 Å². The zero-order valence-electron chi connectivity index (χ0n) is 17.3. The SMILES string of the molecule is CC[C@@H](C)c1nc(-c2ccc(C(=O)Nc3ccc(C)cn3)cc2)c2c(N)nccn12. The van der Waals surface area contributed by atoms with E-state index in [1.807, 2.05) is 35.7 Å². The number of aryl methyl sites for hydroxylation is 1. The molecule has 3 heterocycles. The van der Waals surface area contributed by atoms with Crippen LogP contribution in [0.1, 0.15) is 47.9 Å². The quantitative estimate of drug-likeness (QED) is 0.516. The molecule has 4 aromatic rings. The third-order valence-electron chi connectivity index (χ3n) is 5.24. The van der Waals surface area contributed by atoms with Crippen molar-refractivity contribution in [1.82, 2.24) is 19.4 Å². The molecule has 0 saturated carbocycles. The van der Waals surface area contributed by atoms with Crippen molar-refractivity contribution < 1.29 is 4.79 Å². The van der Waals surface area contributed by atoms with Crippen molar-refractivity contribution in [2.75, 3.05) is 11.1 Å². The normalized spacial score (nSPS) is 12.1. The van der Waals surface area contributed by atoms with Crippen LogP contribution in [-0.4, -0.2) is 25.3 Å². The van der Waals surface area contributed by atoms with Crippen molar-refractivity contribution in [3.63, 3.8) is 0 Å². The number of nitrogens with zero attached hydrogens (tertiary/aromatic N) is 4. The van der Waals surface area contributed by atoms with E-state index in [0.717, 1.165) is 34.6 Å². The highest BCUT2D eigenvalue weighted by Gasteiger charge is 2.19. The molecule has 4 rings (SSSR count). The van der Waals surface area contributed by atoms with Crippen molar-refractivity contribution in [3.05, 3.63) is 71.9 Å². The molecule has 0 unspecified atom stereocenters. The zero-order valence-corrected chi connectivity index (χ0v) is 17.3. The van der Waals surface area contributed by atoms with E-state index in [-0.39, 0.29) is 11.8 Å². The Morgan fingerprint density at radius 2 is 1.93 bits per heavy atom. The number of nitrogens with two attached hydrogens (primary N) is 1. The van der Waals surface area contributed by atoms with E-state index in [2.05, 4.69) is 29.1 Å². The monoisotopic (exact) mass is 400 g/mol. The number of aromatic nitrogens is 4. The number of nitrogens with one attached hydrogen (secondary N) is 1. The topological polar surface area (TPSA) is 98.2 Å². The van der Waals surface area contributed by atoms with E-state index in [1.165, 1.54) is 0 Å². The van der Waals surface area contributed by atoms with E-state index in [9.17, 15) is 4.79 Å². The molecular formula is C23H24N6O. The first-order valence-corrected chi connectivity index (χ1v) is 9.94. The Morgan fingerprint density at radius 3 is 2.60 bits per heavy atom. The van der Waals surface area contributed by atoms with Crippen LogP contribution < -0.4 is 11.1 Å². The van der Waals surface area contributed by atoms with Crippen molar-refractivity contribution >= 4 is 23.1 Å². The molecule has 1 amide bonds. The first kappa shape index (κ1) is 19.6. The third kappa shape index (κ3) is 3.61. The number of benzene rings is 1. The average Bonchev–Trinajstić information content (AvgIpc) is 3.16. The number of hydrogen-bond acceptors (Lipinski definition) is 5. The lowest BCUT2D eigenvalue weighted by Gasteiger charge is -2.07. The number of hydrogen-bond donors (Lipinski definition) is 2. The van der Waals surface area contributed by atoms with Gasteiger partial charge in [-0.2, -0.15) is 0 Å². The van der Waals surface area contributed by atoms with Crippen LogP contribution in [0.5, 0.6) is 0 Å². The number of pyridine rings is 1. The molecule has 152 valence electrons. The molecule has 0 aliphatic heterocycles. The van der Waals surface area contributed by atoms with Gasteiger partial charge in [-0.25, -0.2) is 15.0 Å². The van der Waals surface area contributed by atoms with Crippen molar-refractivity contribution in [3.8, 4) is 11.3 Å². The molecule has 7 heteroatoms. The summed E-state index contributed by atoms with van der Waals surface area (Å²) in [5.41, 5.74) is 10.2. The van der Waals surface area contributed by atoms with Gasteiger partial charge >= 0.3 is 0 Å². The van der Waals surface area contributed by atoms with Gasteiger partial charge in [0.2, 0.25) is 0 Å². The summed E-state index contributed by atoms with van der Waals surface area (Å²) in [6.45, 7) is 6.22. The number of imidazole rings is 1. The minimum atomic E-state index is -0.214. The molecule has 0 saturated heterocycles. The zero-order chi connectivity index (χ0) is 21.3. The highest BCUT2D eigenvalue weighted by molar-refractivity contribution is 6.04. The van der Waals surface area contributed by atoms with Crippen LogP contribution in [0.25, 0.3) is 16.8 Å². The fourth-order valence-electron chi connectivity index (χ4n) is 3.33. The van der Waals surface area contributed by atoms with Crippen molar-refractivity contribution in [2.45, 2.75) is 33.1 Å². The summed E-state index contributed by atoms with van der Waals surface area (Å²) in [6.07, 6.45) is 6.26. The first-order chi connectivity index (χ1) is 14.5. The highest BCUT2D eigenvalue weighted by atomic mass is 16.1. The van der Waals surface area contributed by atoms with E-state index < -0.39 is 0 Å². The minimum Gasteiger partial charge on any atom is -0.382 e. The lowest BCUT2D eigenvalue weighted by Crippen LogP contribution is -2.12. The average molecular weight is 400 g/mol. The van der Waals surface area contributed by atoms with Crippen LogP contribution in [0.2, 0.25) is 0 Å². The van der Waals surface area contributed by atoms with Gasteiger partial charge in [-0.05, 0) is 37.1 Å². The predicted molar refractivity (Wildman–Crippen MR) is 118 cm³/mol. The third-order valence-corrected chi connectivity index (χ3v) is 5.24. The Bertz CT molecular complexity index is 1200. The molecule has 0 aliphatic rings. The summed E-state index contributed by atoms with van der Waals surface area (Å²) < 4.78 is 2.01. The number of fused-ring (bicyclic) bond motifs is 1. The molecule has 0 aliphatic carbocycles. The molecule has 0 spiro atoms. The fraction of sp³-hybridized carbons (Fsp3) is 0.217. The largest absolute Gasteiger partial charge is 0.382 e. The number of rotatable bonds is 5. The van der Waals surface area contributed by atoms with Crippen LogP contribution >= 0.6 is 0 Å². The maximum atomic E-state index is 12.5.